The zero-order valence-electron chi connectivity index (χ0n) is 17.4. The Labute approximate surface area is 184 Å². The van der Waals surface area contributed by atoms with E-state index in [1.807, 2.05) is 18.2 Å². The fourth-order valence-corrected chi connectivity index (χ4v) is 6.45. The topological polar surface area (TPSA) is 51.2 Å². The van der Waals surface area contributed by atoms with E-state index >= 15 is 0 Å². The first kappa shape index (κ1) is 18.6. The van der Waals surface area contributed by atoms with Crippen LogP contribution < -0.4 is 10.1 Å². The second-order valence-corrected chi connectivity index (χ2v) is 9.68. The van der Waals surface area contributed by atoms with E-state index in [4.69, 9.17) is 4.74 Å². The van der Waals surface area contributed by atoms with E-state index in [1.165, 1.54) is 33.6 Å². The molecule has 1 heterocycles. The molecule has 7 rings (SSSR count). The lowest BCUT2D eigenvalue weighted by atomic mass is 9.52. The van der Waals surface area contributed by atoms with Gasteiger partial charge >= 0.3 is 0 Å². The summed E-state index contributed by atoms with van der Waals surface area (Å²) in [4.78, 5) is 18.4. The van der Waals surface area contributed by atoms with Crippen molar-refractivity contribution in [1.29, 1.82) is 0 Å². The molecule has 0 aliphatic heterocycles. The molecule has 0 unspecified atom stereocenters. The van der Waals surface area contributed by atoms with Crippen molar-refractivity contribution in [2.24, 2.45) is 5.41 Å². The van der Waals surface area contributed by atoms with Gasteiger partial charge in [-0.05, 0) is 47.7 Å². The van der Waals surface area contributed by atoms with Crippen LogP contribution in [-0.2, 0) is 4.79 Å². The van der Waals surface area contributed by atoms with E-state index in [0.717, 1.165) is 22.4 Å². The van der Waals surface area contributed by atoms with Crippen LogP contribution in [0.25, 0.3) is 10.2 Å². The number of thiazole rings is 1. The zero-order chi connectivity index (χ0) is 21.2. The van der Waals surface area contributed by atoms with Gasteiger partial charge in [0.25, 0.3) is 0 Å². The van der Waals surface area contributed by atoms with Crippen molar-refractivity contribution >= 4 is 32.6 Å². The molecular weight excluding hydrogens is 404 g/mol. The van der Waals surface area contributed by atoms with Crippen molar-refractivity contribution < 1.29 is 9.53 Å². The van der Waals surface area contributed by atoms with Crippen molar-refractivity contribution in [3.8, 4) is 5.75 Å². The minimum Gasteiger partial charge on any atom is -0.494 e. The molecule has 3 aromatic carbocycles. The third kappa shape index (κ3) is 2.59. The van der Waals surface area contributed by atoms with E-state index in [9.17, 15) is 4.79 Å². The van der Waals surface area contributed by atoms with Gasteiger partial charge in [0.05, 0.1) is 17.2 Å². The van der Waals surface area contributed by atoms with Crippen LogP contribution in [-0.4, -0.2) is 18.0 Å². The number of aromatic nitrogens is 1. The number of hydrogen-bond donors (Lipinski definition) is 1. The highest BCUT2D eigenvalue weighted by Crippen LogP contribution is 2.61. The third-order valence-corrected chi connectivity index (χ3v) is 7.91. The predicted octanol–water partition coefficient (Wildman–Crippen LogP) is 5.93. The Bertz CT molecular complexity index is 1300. The summed E-state index contributed by atoms with van der Waals surface area (Å²) in [6, 6.07) is 23.0. The third-order valence-electron chi connectivity index (χ3n) is 6.97. The minimum absolute atomic E-state index is 0.0320. The lowest BCUT2D eigenvalue weighted by molar-refractivity contribution is -0.126. The number of anilines is 1. The quantitative estimate of drug-likeness (QED) is 0.442. The summed E-state index contributed by atoms with van der Waals surface area (Å²) in [5.41, 5.74) is 5.52. The van der Waals surface area contributed by atoms with E-state index in [-0.39, 0.29) is 17.7 Å². The van der Waals surface area contributed by atoms with Gasteiger partial charge in [-0.15, -0.1) is 0 Å². The summed E-state index contributed by atoms with van der Waals surface area (Å²) in [7, 11) is 1.64. The van der Waals surface area contributed by atoms with Gasteiger partial charge in [0.15, 0.2) is 5.13 Å². The molecule has 31 heavy (non-hydrogen) atoms. The lowest BCUT2D eigenvalue weighted by Gasteiger charge is -2.50. The van der Waals surface area contributed by atoms with Crippen molar-refractivity contribution in [2.45, 2.75) is 25.2 Å². The largest absolute Gasteiger partial charge is 0.494 e. The van der Waals surface area contributed by atoms with Crippen molar-refractivity contribution in [2.75, 3.05) is 12.4 Å². The fourth-order valence-electron chi connectivity index (χ4n) is 5.57. The first-order valence-corrected chi connectivity index (χ1v) is 11.3. The maximum Gasteiger partial charge on any atom is 0.233 e. The molecule has 3 aliphatic rings. The summed E-state index contributed by atoms with van der Waals surface area (Å²) in [5.74, 6) is 1.03. The molecular formula is C26H22N2O2S. The van der Waals surface area contributed by atoms with Crippen LogP contribution in [0, 0.1) is 5.41 Å². The van der Waals surface area contributed by atoms with Gasteiger partial charge in [0, 0.05) is 11.8 Å². The van der Waals surface area contributed by atoms with Gasteiger partial charge in [-0.25, -0.2) is 4.98 Å². The van der Waals surface area contributed by atoms with Crippen LogP contribution in [0.3, 0.4) is 0 Å². The highest BCUT2D eigenvalue weighted by Gasteiger charge is 2.53. The van der Waals surface area contributed by atoms with Crippen molar-refractivity contribution in [1.82, 2.24) is 4.98 Å². The first-order valence-electron chi connectivity index (χ1n) is 10.5. The van der Waals surface area contributed by atoms with E-state index in [2.05, 4.69) is 65.8 Å². The number of nitrogens with one attached hydrogen (secondary N) is 1. The molecule has 4 aromatic rings. The highest BCUT2D eigenvalue weighted by atomic mass is 32.1. The summed E-state index contributed by atoms with van der Waals surface area (Å²) in [6.45, 7) is 2.11. The molecule has 0 saturated carbocycles. The Balaban J connectivity index is 1.42. The Morgan fingerprint density at radius 1 is 1.00 bits per heavy atom. The summed E-state index contributed by atoms with van der Waals surface area (Å²) in [5, 5.41) is 3.77. The molecule has 1 aromatic heterocycles. The van der Waals surface area contributed by atoms with Gasteiger partial charge in [0.1, 0.15) is 11.3 Å². The lowest BCUT2D eigenvalue weighted by Crippen LogP contribution is -2.47. The second kappa shape index (κ2) is 6.66. The average molecular weight is 427 g/mol. The molecule has 154 valence electrons. The average Bonchev–Trinajstić information content (AvgIpc) is 3.21. The summed E-state index contributed by atoms with van der Waals surface area (Å²) < 4.78 is 6.43. The number of carbonyl (C=O) groups is 1. The number of nitrogens with zero attached hydrogens (tertiary/aromatic N) is 1. The molecule has 5 heteroatoms. The maximum atomic E-state index is 13.8. The Hall–Kier alpha value is -3.18. The highest BCUT2D eigenvalue weighted by molar-refractivity contribution is 7.22. The summed E-state index contributed by atoms with van der Waals surface area (Å²) in [6.07, 6.45) is 0.797. The number of amides is 1. The van der Waals surface area contributed by atoms with E-state index in [1.54, 1.807) is 7.11 Å². The van der Waals surface area contributed by atoms with Crippen LogP contribution in [0.4, 0.5) is 5.13 Å². The smallest absolute Gasteiger partial charge is 0.233 e. The molecule has 0 saturated heterocycles. The molecule has 1 N–H and O–H groups in total. The van der Waals surface area contributed by atoms with Gasteiger partial charge in [-0.2, -0.15) is 0 Å². The van der Waals surface area contributed by atoms with Gasteiger partial charge < -0.3 is 10.1 Å². The number of ether oxygens (including phenoxy) is 1. The number of hydrogen-bond acceptors (Lipinski definition) is 4. The Morgan fingerprint density at radius 3 is 2.29 bits per heavy atom. The first-order chi connectivity index (χ1) is 15.1. The number of benzene rings is 3. The molecule has 0 fully saturated rings. The standard InChI is InChI=1S/C26H22N2O2S/c1-26(24(29)28-25-27-23-20(30-2)12-7-13-21(23)31-25)14-19-15-8-3-5-10-17(15)22(26)18-11-6-4-9-16(18)19/h3-13,19,22H,14H2,1-2H3,(H,27,28,29)/t19?,22?,26-/m1/s1. The number of para-hydroxylation sites is 1. The molecule has 0 spiro atoms. The molecule has 0 radical (unpaired) electrons. The van der Waals surface area contributed by atoms with Crippen LogP contribution in [0.1, 0.15) is 47.4 Å². The number of methoxy groups -OCH3 is 1. The second-order valence-electron chi connectivity index (χ2n) is 8.65. The normalized spacial score (nSPS) is 23.3. The fraction of sp³-hybridized carbons (Fsp3) is 0.231. The molecule has 4 nitrogen and oxygen atoms in total. The van der Waals surface area contributed by atoms with Crippen LogP contribution in [0.2, 0.25) is 0 Å². The van der Waals surface area contributed by atoms with Crippen LogP contribution >= 0.6 is 11.3 Å². The SMILES string of the molecule is COc1cccc2sc(NC(=O)[C@]3(C)CC4c5ccccc5C3c3ccccc34)nc12. The zero-order valence-corrected chi connectivity index (χ0v) is 18.2. The van der Waals surface area contributed by atoms with Gasteiger partial charge in [-0.3, -0.25) is 4.79 Å². The molecule has 2 bridgehead atoms. The van der Waals surface area contributed by atoms with Crippen molar-refractivity contribution in [3.05, 3.63) is 89.0 Å². The maximum absolute atomic E-state index is 13.8. The Kier molecular flexibility index (Phi) is 3.99. The van der Waals surface area contributed by atoms with Crippen molar-refractivity contribution in [3.63, 3.8) is 0 Å². The van der Waals surface area contributed by atoms with Gasteiger partial charge in [-0.1, -0.05) is 65.9 Å². The van der Waals surface area contributed by atoms with Crippen LogP contribution in [0.15, 0.2) is 66.7 Å². The Morgan fingerprint density at radius 2 is 1.65 bits per heavy atom. The molecule has 1 amide bonds. The molecule has 1 atom stereocenters. The monoisotopic (exact) mass is 426 g/mol. The number of fused-ring (bicyclic) bond motifs is 2. The van der Waals surface area contributed by atoms with Gasteiger partial charge in [0.2, 0.25) is 5.91 Å². The van der Waals surface area contributed by atoms with E-state index in [0.29, 0.717) is 5.13 Å². The molecule has 3 aliphatic carbocycles. The predicted molar refractivity (Wildman–Crippen MR) is 124 cm³/mol. The minimum atomic E-state index is -0.546. The van der Waals surface area contributed by atoms with E-state index < -0.39 is 5.41 Å². The number of carbonyl (C=O) groups excluding carboxylic acids is 1. The summed E-state index contributed by atoms with van der Waals surface area (Å²) >= 11 is 1.49. The number of rotatable bonds is 3. The van der Waals surface area contributed by atoms with Crippen LogP contribution in [0.5, 0.6) is 5.75 Å².